The maximum atomic E-state index is 12.5. The standard InChI is InChI=1S/C19H21NO4S2/c21-20-18(12-24-11-15-4-2-1-3-5-15)14-26(22,23)13-16-6-7-19-17(10-16)8-9-25-19/h1-10,18,20-21H,11-14H2. The first-order valence-corrected chi connectivity index (χ1v) is 10.9. The normalized spacial score (nSPS) is 13.1. The highest BCUT2D eigenvalue weighted by molar-refractivity contribution is 7.90. The zero-order chi connectivity index (χ0) is 18.4. The van der Waals surface area contributed by atoms with E-state index in [-0.39, 0.29) is 18.1 Å². The van der Waals surface area contributed by atoms with Gasteiger partial charge in [-0.1, -0.05) is 36.4 Å². The van der Waals surface area contributed by atoms with Crippen LogP contribution in [-0.2, 0) is 26.9 Å². The number of sulfone groups is 1. The minimum absolute atomic E-state index is 0.0599. The van der Waals surface area contributed by atoms with Gasteiger partial charge in [-0.05, 0) is 40.1 Å². The lowest BCUT2D eigenvalue weighted by Crippen LogP contribution is -2.37. The van der Waals surface area contributed by atoms with Crippen LogP contribution in [0.4, 0.5) is 0 Å². The smallest absolute Gasteiger partial charge is 0.156 e. The van der Waals surface area contributed by atoms with Crippen LogP contribution in [-0.4, -0.2) is 32.0 Å². The zero-order valence-electron chi connectivity index (χ0n) is 14.2. The van der Waals surface area contributed by atoms with Gasteiger partial charge in [-0.2, -0.15) is 5.48 Å². The number of ether oxygens (including phenoxy) is 1. The molecule has 0 amide bonds. The van der Waals surface area contributed by atoms with E-state index in [0.717, 1.165) is 21.2 Å². The van der Waals surface area contributed by atoms with Gasteiger partial charge in [0.25, 0.3) is 0 Å². The van der Waals surface area contributed by atoms with E-state index in [9.17, 15) is 13.6 Å². The van der Waals surface area contributed by atoms with E-state index in [2.05, 4.69) is 5.48 Å². The largest absolute Gasteiger partial charge is 0.375 e. The molecule has 5 nitrogen and oxygen atoms in total. The van der Waals surface area contributed by atoms with Crippen LogP contribution in [0.5, 0.6) is 0 Å². The number of fused-ring (bicyclic) bond motifs is 1. The fourth-order valence-electron chi connectivity index (χ4n) is 2.74. The highest BCUT2D eigenvalue weighted by Crippen LogP contribution is 2.22. The summed E-state index contributed by atoms with van der Waals surface area (Å²) < 4.78 is 31.6. The van der Waals surface area contributed by atoms with Crippen LogP contribution in [0.1, 0.15) is 11.1 Å². The molecule has 2 aromatic carbocycles. The molecule has 1 atom stereocenters. The Morgan fingerprint density at radius 3 is 2.65 bits per heavy atom. The maximum Gasteiger partial charge on any atom is 0.156 e. The summed E-state index contributed by atoms with van der Waals surface area (Å²) in [6.45, 7) is 0.474. The molecule has 0 bridgehead atoms. The summed E-state index contributed by atoms with van der Waals surface area (Å²) in [5.74, 6) is -0.254. The number of hydroxylamine groups is 1. The van der Waals surface area contributed by atoms with Gasteiger partial charge in [0.1, 0.15) is 0 Å². The molecule has 1 aromatic heterocycles. The van der Waals surface area contributed by atoms with E-state index in [1.54, 1.807) is 11.3 Å². The van der Waals surface area contributed by atoms with Crippen LogP contribution in [0.2, 0.25) is 0 Å². The van der Waals surface area contributed by atoms with Gasteiger partial charge in [0.05, 0.1) is 30.8 Å². The third kappa shape index (κ3) is 5.36. The Kier molecular flexibility index (Phi) is 6.39. The second-order valence-electron chi connectivity index (χ2n) is 6.17. The molecule has 1 unspecified atom stereocenters. The number of nitrogens with one attached hydrogen (secondary N) is 1. The van der Waals surface area contributed by atoms with Gasteiger partial charge < -0.3 is 9.94 Å². The first kappa shape index (κ1) is 19.0. The van der Waals surface area contributed by atoms with Crippen molar-refractivity contribution < 1.29 is 18.4 Å². The van der Waals surface area contributed by atoms with Crippen molar-refractivity contribution in [2.24, 2.45) is 0 Å². The third-order valence-electron chi connectivity index (χ3n) is 3.97. The fraction of sp³-hybridized carbons (Fsp3) is 0.263. The minimum atomic E-state index is -3.39. The Hall–Kier alpha value is -1.77. The topological polar surface area (TPSA) is 75.6 Å². The van der Waals surface area contributed by atoms with Crippen molar-refractivity contribution in [3.63, 3.8) is 0 Å². The summed E-state index contributed by atoms with van der Waals surface area (Å²) in [5, 5.41) is 12.3. The average Bonchev–Trinajstić information content (AvgIpc) is 3.09. The van der Waals surface area contributed by atoms with Gasteiger partial charge in [0.15, 0.2) is 9.84 Å². The molecule has 1 heterocycles. The van der Waals surface area contributed by atoms with Gasteiger partial charge in [-0.25, -0.2) is 8.42 Å². The fourth-order valence-corrected chi connectivity index (χ4v) is 5.10. The van der Waals surface area contributed by atoms with Crippen LogP contribution >= 0.6 is 11.3 Å². The van der Waals surface area contributed by atoms with Crippen LogP contribution in [0, 0.1) is 0 Å². The lowest BCUT2D eigenvalue weighted by molar-refractivity contribution is 0.0500. The molecule has 0 saturated carbocycles. The molecule has 3 rings (SSSR count). The Bertz CT molecular complexity index is 938. The van der Waals surface area contributed by atoms with Gasteiger partial charge >= 0.3 is 0 Å². The number of rotatable bonds is 9. The monoisotopic (exact) mass is 391 g/mol. The number of benzene rings is 2. The van der Waals surface area contributed by atoms with E-state index in [0.29, 0.717) is 6.61 Å². The van der Waals surface area contributed by atoms with Crippen molar-refractivity contribution in [1.29, 1.82) is 0 Å². The molecule has 0 aliphatic heterocycles. The van der Waals surface area contributed by atoms with Crippen molar-refractivity contribution in [2.45, 2.75) is 18.4 Å². The van der Waals surface area contributed by atoms with Crippen molar-refractivity contribution in [2.75, 3.05) is 12.4 Å². The minimum Gasteiger partial charge on any atom is -0.375 e. The van der Waals surface area contributed by atoms with Gasteiger partial charge in [-0.15, -0.1) is 11.3 Å². The summed E-state index contributed by atoms with van der Waals surface area (Å²) in [6, 6.07) is 16.6. The van der Waals surface area contributed by atoms with Crippen molar-refractivity contribution in [3.8, 4) is 0 Å². The lowest BCUT2D eigenvalue weighted by atomic mass is 10.2. The van der Waals surface area contributed by atoms with Gasteiger partial charge in [-0.3, -0.25) is 0 Å². The van der Waals surface area contributed by atoms with Crippen molar-refractivity contribution >= 4 is 31.3 Å². The first-order chi connectivity index (χ1) is 12.6. The summed E-state index contributed by atoms with van der Waals surface area (Å²) in [4.78, 5) is 0. The Morgan fingerprint density at radius 1 is 1.08 bits per heavy atom. The Morgan fingerprint density at radius 2 is 1.88 bits per heavy atom. The quantitative estimate of drug-likeness (QED) is 0.547. The molecule has 0 radical (unpaired) electrons. The molecular weight excluding hydrogens is 370 g/mol. The first-order valence-electron chi connectivity index (χ1n) is 8.23. The molecule has 138 valence electrons. The van der Waals surface area contributed by atoms with E-state index < -0.39 is 15.9 Å². The third-order valence-corrected chi connectivity index (χ3v) is 6.55. The Balaban J connectivity index is 1.55. The van der Waals surface area contributed by atoms with Gasteiger partial charge in [0.2, 0.25) is 0 Å². The number of hydrogen-bond acceptors (Lipinski definition) is 6. The molecule has 0 saturated heterocycles. The number of hydrogen-bond donors (Lipinski definition) is 2. The van der Waals surface area contributed by atoms with E-state index in [1.165, 1.54) is 0 Å². The molecule has 0 aliphatic rings. The highest BCUT2D eigenvalue weighted by Gasteiger charge is 2.20. The maximum absolute atomic E-state index is 12.5. The molecule has 26 heavy (non-hydrogen) atoms. The van der Waals surface area contributed by atoms with Gasteiger partial charge in [0, 0.05) is 4.70 Å². The molecule has 0 fully saturated rings. The average molecular weight is 392 g/mol. The summed E-state index contributed by atoms with van der Waals surface area (Å²) in [5.41, 5.74) is 3.80. The lowest BCUT2D eigenvalue weighted by Gasteiger charge is -2.16. The van der Waals surface area contributed by atoms with Crippen molar-refractivity contribution in [3.05, 3.63) is 71.1 Å². The SMILES string of the molecule is O=S(=O)(Cc1ccc2sccc2c1)CC(COCc1ccccc1)NO. The molecule has 3 aromatic rings. The van der Waals surface area contributed by atoms with E-state index >= 15 is 0 Å². The summed E-state index contributed by atoms with van der Waals surface area (Å²) >= 11 is 1.63. The highest BCUT2D eigenvalue weighted by atomic mass is 32.2. The summed E-state index contributed by atoms with van der Waals surface area (Å²) in [6.07, 6.45) is 0. The zero-order valence-corrected chi connectivity index (χ0v) is 15.8. The molecule has 0 spiro atoms. The second kappa shape index (κ2) is 8.75. The van der Waals surface area contributed by atoms with E-state index in [4.69, 9.17) is 4.74 Å². The second-order valence-corrected chi connectivity index (χ2v) is 9.23. The number of thiophene rings is 1. The molecule has 0 aliphatic carbocycles. The van der Waals surface area contributed by atoms with E-state index in [1.807, 2.05) is 60.0 Å². The van der Waals surface area contributed by atoms with Crippen molar-refractivity contribution in [1.82, 2.24) is 5.48 Å². The van der Waals surface area contributed by atoms with Crippen LogP contribution in [0.15, 0.2) is 60.0 Å². The molecule has 2 N–H and O–H groups in total. The predicted molar refractivity (Wildman–Crippen MR) is 104 cm³/mol. The molecular formula is C19H21NO4S2. The van der Waals surface area contributed by atoms with Crippen LogP contribution in [0.3, 0.4) is 0 Å². The molecule has 7 heteroatoms. The van der Waals surface area contributed by atoms with Crippen LogP contribution in [0.25, 0.3) is 10.1 Å². The van der Waals surface area contributed by atoms with Crippen LogP contribution < -0.4 is 5.48 Å². The predicted octanol–water partition coefficient (Wildman–Crippen LogP) is 3.38. The summed E-state index contributed by atoms with van der Waals surface area (Å²) in [7, 11) is -3.39. The Labute approximate surface area is 157 Å².